The van der Waals surface area contributed by atoms with E-state index < -0.39 is 0 Å². The zero-order valence-corrected chi connectivity index (χ0v) is 13.9. The molecule has 3 rings (SSSR count). The molecule has 1 aromatic heterocycles. The van der Waals surface area contributed by atoms with Gasteiger partial charge in [-0.1, -0.05) is 52.8 Å². The van der Waals surface area contributed by atoms with Crippen molar-refractivity contribution < 1.29 is 4.79 Å². The van der Waals surface area contributed by atoms with Crippen LogP contribution in [0.4, 0.5) is 10.1 Å². The van der Waals surface area contributed by atoms with Gasteiger partial charge >= 0.3 is 0 Å². The number of halogens is 1. The van der Waals surface area contributed by atoms with Gasteiger partial charge in [0.25, 0.3) is 5.91 Å². The average Bonchev–Trinajstić information content (AvgIpc) is 2.89. The highest BCUT2D eigenvalue weighted by molar-refractivity contribution is 7.20. The van der Waals surface area contributed by atoms with Crippen molar-refractivity contribution in [2.75, 3.05) is 11.1 Å². The summed E-state index contributed by atoms with van der Waals surface area (Å²) in [6, 6.07) is 14.6. The second kappa shape index (κ2) is 6.40. The number of amides is 1. The van der Waals surface area contributed by atoms with Gasteiger partial charge in [-0.05, 0) is 31.2 Å². The highest BCUT2D eigenvalue weighted by Crippen LogP contribution is 2.35. The number of hydrogen-bond donors (Lipinski definition) is 2. The van der Waals surface area contributed by atoms with E-state index in [1.807, 2.05) is 31.2 Å². The number of nitrogens with one attached hydrogen (secondary N) is 1. The van der Waals surface area contributed by atoms with Crippen molar-refractivity contribution in [3.63, 3.8) is 0 Å². The Kier molecular flexibility index (Phi) is 4.32. The zero-order chi connectivity index (χ0) is 16.4. The summed E-state index contributed by atoms with van der Waals surface area (Å²) in [4.78, 5) is 16.7. The molecule has 0 spiro atoms. The molecule has 23 heavy (non-hydrogen) atoms. The van der Waals surface area contributed by atoms with Crippen molar-refractivity contribution in [2.45, 2.75) is 6.92 Å². The van der Waals surface area contributed by atoms with Crippen LogP contribution in [0.1, 0.15) is 15.9 Å². The van der Waals surface area contributed by atoms with Crippen LogP contribution < -0.4 is 11.1 Å². The van der Waals surface area contributed by atoms with E-state index in [0.717, 1.165) is 11.1 Å². The van der Waals surface area contributed by atoms with E-state index in [1.54, 1.807) is 24.3 Å². The molecule has 6 heteroatoms. The van der Waals surface area contributed by atoms with Crippen LogP contribution in [0.3, 0.4) is 0 Å². The van der Waals surface area contributed by atoms with Gasteiger partial charge in [0.2, 0.25) is 0 Å². The number of nitrogens with zero attached hydrogens (tertiary/aromatic N) is 1. The molecule has 1 amide bonds. The fraction of sp³-hybridized carbons (Fsp3) is 0.0588. The molecule has 2 aromatic carbocycles. The standard InChI is InChI=1S/C17H14ClN3OS/c1-10-2-4-12(5-3-10)15(22)21-16-14(20-17(19)23-16)11-6-8-13(18)9-7-11/h2-9H,1H3,(H2,19,20)(H,21,22). The monoisotopic (exact) mass is 343 g/mol. The summed E-state index contributed by atoms with van der Waals surface area (Å²) >= 11 is 7.15. The molecule has 0 unspecified atom stereocenters. The molecule has 116 valence electrons. The van der Waals surface area contributed by atoms with Crippen LogP contribution in [-0.2, 0) is 0 Å². The van der Waals surface area contributed by atoms with E-state index in [2.05, 4.69) is 10.3 Å². The van der Waals surface area contributed by atoms with E-state index >= 15 is 0 Å². The third-order valence-electron chi connectivity index (χ3n) is 3.30. The smallest absolute Gasteiger partial charge is 0.256 e. The first-order valence-electron chi connectivity index (χ1n) is 6.93. The maximum atomic E-state index is 12.4. The third kappa shape index (κ3) is 3.52. The predicted octanol–water partition coefficient (Wildman–Crippen LogP) is 4.61. The van der Waals surface area contributed by atoms with Crippen LogP contribution in [0.15, 0.2) is 48.5 Å². The first-order chi connectivity index (χ1) is 11.0. The second-order valence-corrected chi connectivity index (χ2v) is 6.52. The molecule has 0 radical (unpaired) electrons. The van der Waals surface area contributed by atoms with Crippen LogP contribution in [0.2, 0.25) is 5.02 Å². The number of benzene rings is 2. The van der Waals surface area contributed by atoms with Crippen molar-refractivity contribution in [3.8, 4) is 11.3 Å². The van der Waals surface area contributed by atoms with E-state index in [9.17, 15) is 4.79 Å². The number of rotatable bonds is 3. The lowest BCUT2D eigenvalue weighted by Crippen LogP contribution is -2.11. The van der Waals surface area contributed by atoms with E-state index in [1.165, 1.54) is 11.3 Å². The molecule has 1 heterocycles. The lowest BCUT2D eigenvalue weighted by molar-refractivity contribution is 0.102. The number of carbonyl (C=O) groups is 1. The van der Waals surface area contributed by atoms with Gasteiger partial charge in [0, 0.05) is 16.1 Å². The molecular weight excluding hydrogens is 330 g/mol. The largest absolute Gasteiger partial charge is 0.375 e. The van der Waals surface area contributed by atoms with Gasteiger partial charge in [-0.3, -0.25) is 4.79 Å². The molecule has 0 aliphatic heterocycles. The second-order valence-electron chi connectivity index (χ2n) is 5.06. The molecule has 3 aromatic rings. The number of nitrogen functional groups attached to an aromatic ring is 1. The number of aromatic nitrogens is 1. The Morgan fingerprint density at radius 3 is 2.43 bits per heavy atom. The maximum absolute atomic E-state index is 12.4. The van der Waals surface area contributed by atoms with Crippen LogP contribution in [-0.4, -0.2) is 10.9 Å². The van der Waals surface area contributed by atoms with E-state index in [4.69, 9.17) is 17.3 Å². The topological polar surface area (TPSA) is 68.0 Å². The van der Waals surface area contributed by atoms with Gasteiger partial charge in [-0.25, -0.2) is 4.98 Å². The number of carbonyl (C=O) groups excluding carboxylic acids is 1. The summed E-state index contributed by atoms with van der Waals surface area (Å²) < 4.78 is 0. The maximum Gasteiger partial charge on any atom is 0.256 e. The fourth-order valence-corrected chi connectivity index (χ4v) is 2.98. The third-order valence-corrected chi connectivity index (χ3v) is 4.35. The minimum atomic E-state index is -0.191. The quantitative estimate of drug-likeness (QED) is 0.729. The van der Waals surface area contributed by atoms with Gasteiger partial charge in [0.1, 0.15) is 10.7 Å². The molecule has 0 bridgehead atoms. The van der Waals surface area contributed by atoms with E-state index in [0.29, 0.717) is 26.4 Å². The summed E-state index contributed by atoms with van der Waals surface area (Å²) in [6.45, 7) is 1.98. The molecule has 0 atom stereocenters. The molecule has 0 aliphatic rings. The summed E-state index contributed by atoms with van der Waals surface area (Å²) in [5.74, 6) is -0.191. The van der Waals surface area contributed by atoms with Crippen molar-refractivity contribution in [2.24, 2.45) is 0 Å². The lowest BCUT2D eigenvalue weighted by Gasteiger charge is -2.06. The summed E-state index contributed by atoms with van der Waals surface area (Å²) in [5.41, 5.74) is 8.99. The average molecular weight is 344 g/mol. The van der Waals surface area contributed by atoms with Crippen molar-refractivity contribution in [1.29, 1.82) is 0 Å². The Hall–Kier alpha value is -2.37. The van der Waals surface area contributed by atoms with Crippen molar-refractivity contribution >= 4 is 39.0 Å². The lowest BCUT2D eigenvalue weighted by atomic mass is 10.1. The Bertz CT molecular complexity index is 841. The van der Waals surface area contributed by atoms with Crippen LogP contribution in [0, 0.1) is 6.92 Å². The molecular formula is C17H14ClN3OS. The highest BCUT2D eigenvalue weighted by atomic mass is 35.5. The van der Waals surface area contributed by atoms with Gasteiger partial charge in [-0.2, -0.15) is 0 Å². The molecule has 0 saturated heterocycles. The van der Waals surface area contributed by atoms with Crippen LogP contribution in [0.5, 0.6) is 0 Å². The van der Waals surface area contributed by atoms with Crippen molar-refractivity contribution in [1.82, 2.24) is 4.98 Å². The number of aryl methyl sites for hydroxylation is 1. The summed E-state index contributed by atoms with van der Waals surface area (Å²) in [6.07, 6.45) is 0. The summed E-state index contributed by atoms with van der Waals surface area (Å²) in [5, 5.41) is 4.54. The number of hydrogen-bond acceptors (Lipinski definition) is 4. The van der Waals surface area contributed by atoms with Gasteiger partial charge in [-0.15, -0.1) is 0 Å². The van der Waals surface area contributed by atoms with E-state index in [-0.39, 0.29) is 5.91 Å². The molecule has 0 saturated carbocycles. The van der Waals surface area contributed by atoms with Crippen molar-refractivity contribution in [3.05, 3.63) is 64.7 Å². The Balaban J connectivity index is 1.90. The number of thiazole rings is 1. The SMILES string of the molecule is Cc1ccc(C(=O)Nc2sc(N)nc2-c2ccc(Cl)cc2)cc1. The fourth-order valence-electron chi connectivity index (χ4n) is 2.11. The minimum Gasteiger partial charge on any atom is -0.375 e. The first kappa shape index (κ1) is 15.5. The first-order valence-corrected chi connectivity index (χ1v) is 8.12. The molecule has 4 nitrogen and oxygen atoms in total. The predicted molar refractivity (Wildman–Crippen MR) is 96.1 cm³/mol. The minimum absolute atomic E-state index is 0.191. The Labute approximate surface area is 142 Å². The Morgan fingerprint density at radius 2 is 1.78 bits per heavy atom. The van der Waals surface area contributed by atoms with Crippen LogP contribution >= 0.6 is 22.9 Å². The molecule has 3 N–H and O–H groups in total. The van der Waals surface area contributed by atoms with Gasteiger partial charge < -0.3 is 11.1 Å². The zero-order valence-electron chi connectivity index (χ0n) is 12.3. The summed E-state index contributed by atoms with van der Waals surface area (Å²) in [7, 11) is 0. The highest BCUT2D eigenvalue weighted by Gasteiger charge is 2.15. The van der Waals surface area contributed by atoms with Crippen LogP contribution in [0.25, 0.3) is 11.3 Å². The van der Waals surface area contributed by atoms with Gasteiger partial charge in [0.15, 0.2) is 5.13 Å². The number of anilines is 2. The Morgan fingerprint density at radius 1 is 1.13 bits per heavy atom. The normalized spacial score (nSPS) is 10.5. The number of nitrogens with two attached hydrogens (primary N) is 1. The molecule has 0 fully saturated rings. The molecule has 0 aliphatic carbocycles. The van der Waals surface area contributed by atoms with Gasteiger partial charge in [0.05, 0.1) is 0 Å².